The Kier molecular flexibility index (Phi) is 7.96. The van der Waals surface area contributed by atoms with Crippen LogP contribution in [0.2, 0.25) is 0 Å². The van der Waals surface area contributed by atoms with E-state index in [1.165, 1.54) is 41.2 Å². The molecule has 12 heteroatoms. The molecule has 0 aliphatic carbocycles. The predicted molar refractivity (Wildman–Crippen MR) is 162 cm³/mol. The van der Waals surface area contributed by atoms with Gasteiger partial charge in [-0.3, -0.25) is 4.79 Å². The van der Waals surface area contributed by atoms with Gasteiger partial charge in [-0.1, -0.05) is 40.3 Å². The van der Waals surface area contributed by atoms with Gasteiger partial charge in [0.05, 0.1) is 28.0 Å². The average Bonchev–Trinajstić information content (AvgIpc) is 2.96. The van der Waals surface area contributed by atoms with Gasteiger partial charge in [-0.15, -0.1) is 0 Å². The van der Waals surface area contributed by atoms with Crippen molar-refractivity contribution in [3.63, 3.8) is 0 Å². The molecule has 3 aromatic heterocycles. The molecule has 1 amide bonds. The van der Waals surface area contributed by atoms with Crippen LogP contribution in [-0.2, 0) is 4.79 Å². The lowest BCUT2D eigenvalue weighted by atomic mass is 10.0. The Bertz CT molecular complexity index is 1760. The first-order chi connectivity index (χ1) is 20.4. The third-order valence-corrected chi connectivity index (χ3v) is 7.67. The molecular formula is C31H34F2N8O2. The van der Waals surface area contributed by atoms with E-state index in [2.05, 4.69) is 26.5 Å². The van der Waals surface area contributed by atoms with Crippen molar-refractivity contribution in [3.8, 4) is 16.9 Å². The molecule has 1 aliphatic rings. The smallest absolute Gasteiger partial charge is 0.355 e. The van der Waals surface area contributed by atoms with Gasteiger partial charge in [-0.25, -0.2) is 33.1 Å². The van der Waals surface area contributed by atoms with Crippen LogP contribution < -0.4 is 16.3 Å². The molecule has 2 N–H and O–H groups in total. The van der Waals surface area contributed by atoms with Crippen LogP contribution >= 0.6 is 0 Å². The number of pyridine rings is 1. The van der Waals surface area contributed by atoms with E-state index >= 15 is 8.78 Å². The highest BCUT2D eigenvalue weighted by atomic mass is 19.1. The molecule has 1 aliphatic heterocycles. The van der Waals surface area contributed by atoms with E-state index in [1.807, 2.05) is 39.5 Å². The summed E-state index contributed by atoms with van der Waals surface area (Å²) >= 11 is 0. The Balaban J connectivity index is 1.86. The topological polar surface area (TPSA) is 123 Å². The van der Waals surface area contributed by atoms with Crippen molar-refractivity contribution in [1.29, 1.82) is 0 Å². The molecular weight excluding hydrogens is 554 g/mol. The molecule has 4 aromatic rings. The highest BCUT2D eigenvalue weighted by Gasteiger charge is 2.31. The van der Waals surface area contributed by atoms with Gasteiger partial charge in [-0.2, -0.15) is 4.98 Å². The first-order valence-electron chi connectivity index (χ1n) is 14.1. The second-order valence-corrected chi connectivity index (χ2v) is 11.3. The molecule has 0 saturated carbocycles. The zero-order valence-electron chi connectivity index (χ0n) is 24.8. The summed E-state index contributed by atoms with van der Waals surface area (Å²) in [4.78, 5) is 47.9. The zero-order chi connectivity index (χ0) is 31.2. The summed E-state index contributed by atoms with van der Waals surface area (Å²) < 4.78 is 32.3. The number of anilines is 2. The monoisotopic (exact) mass is 588 g/mol. The van der Waals surface area contributed by atoms with Crippen molar-refractivity contribution in [2.24, 2.45) is 0 Å². The molecule has 4 heterocycles. The van der Waals surface area contributed by atoms with Gasteiger partial charge in [0, 0.05) is 31.4 Å². The number of hydrogen-bond donors (Lipinski definition) is 1. The summed E-state index contributed by atoms with van der Waals surface area (Å²) in [5.41, 5.74) is 6.50. The number of amides is 1. The van der Waals surface area contributed by atoms with Crippen LogP contribution in [-0.4, -0.2) is 61.0 Å². The Hall–Kier alpha value is -4.74. The van der Waals surface area contributed by atoms with Crippen molar-refractivity contribution < 1.29 is 13.6 Å². The third kappa shape index (κ3) is 5.21. The number of nitrogen functional groups attached to an aromatic ring is 1. The minimum Gasteiger partial charge on any atom is -0.398 e. The molecule has 43 heavy (non-hydrogen) atoms. The lowest BCUT2D eigenvalue weighted by molar-refractivity contribution is -0.126. The lowest BCUT2D eigenvalue weighted by Gasteiger charge is -2.40. The number of halogens is 2. The summed E-state index contributed by atoms with van der Waals surface area (Å²) in [6.45, 7) is 14.2. The molecule has 1 saturated heterocycles. The number of rotatable bonds is 6. The highest BCUT2D eigenvalue weighted by Crippen LogP contribution is 2.36. The summed E-state index contributed by atoms with van der Waals surface area (Å²) in [5.74, 6) is -1.80. The second-order valence-electron chi connectivity index (χ2n) is 11.3. The first kappa shape index (κ1) is 29.7. The van der Waals surface area contributed by atoms with Gasteiger partial charge in [0.15, 0.2) is 11.5 Å². The number of nitrogens with zero attached hydrogens (tertiary/aromatic N) is 7. The Morgan fingerprint density at radius 2 is 1.74 bits per heavy atom. The number of piperazine rings is 1. The summed E-state index contributed by atoms with van der Waals surface area (Å²) in [7, 11) is 0. The molecule has 0 radical (unpaired) electrons. The number of aromatic nitrogens is 5. The Morgan fingerprint density at radius 1 is 1.07 bits per heavy atom. The van der Waals surface area contributed by atoms with E-state index in [0.29, 0.717) is 36.7 Å². The number of fused-ring (bicyclic) bond motifs is 1. The zero-order valence-corrected chi connectivity index (χ0v) is 24.8. The predicted octanol–water partition coefficient (Wildman–Crippen LogP) is 4.57. The fourth-order valence-electron chi connectivity index (χ4n) is 5.57. The number of carbonyl (C=O) groups is 1. The largest absolute Gasteiger partial charge is 0.398 e. The minimum absolute atomic E-state index is 0.000611. The Morgan fingerprint density at radius 3 is 2.33 bits per heavy atom. The van der Waals surface area contributed by atoms with Crippen LogP contribution in [0.4, 0.5) is 20.3 Å². The summed E-state index contributed by atoms with van der Waals surface area (Å²) in [5, 5.41) is 0.236. The fourth-order valence-corrected chi connectivity index (χ4v) is 5.57. The molecule has 224 valence electrons. The third-order valence-electron chi connectivity index (χ3n) is 7.67. The van der Waals surface area contributed by atoms with E-state index in [9.17, 15) is 9.59 Å². The van der Waals surface area contributed by atoms with Crippen molar-refractivity contribution in [3.05, 3.63) is 76.8 Å². The molecule has 10 nitrogen and oxygen atoms in total. The maximum Gasteiger partial charge on any atom is 0.355 e. The van der Waals surface area contributed by atoms with Gasteiger partial charge >= 0.3 is 5.69 Å². The van der Waals surface area contributed by atoms with Crippen molar-refractivity contribution >= 4 is 28.4 Å². The molecule has 1 unspecified atom stereocenters. The number of nitrogens with two attached hydrogens (primary N) is 1. The second kappa shape index (κ2) is 11.5. The minimum atomic E-state index is -0.830. The van der Waals surface area contributed by atoms with E-state index in [4.69, 9.17) is 5.73 Å². The maximum atomic E-state index is 16.0. The van der Waals surface area contributed by atoms with Crippen molar-refractivity contribution in [2.75, 3.05) is 30.3 Å². The molecule has 1 atom stereocenters. The quantitative estimate of drug-likeness (QED) is 0.257. The lowest BCUT2D eigenvalue weighted by Crippen LogP contribution is -2.54. The molecule has 1 fully saturated rings. The normalized spacial score (nSPS) is 15.5. The van der Waals surface area contributed by atoms with Crippen LogP contribution in [0.15, 0.2) is 48.0 Å². The SMILES string of the molecule is C=CC(=O)N1CCN(c2nc(=O)n(-c3c(C(C)C)ncnc3C(C)C)c3nc(-c4c(N)cccc4F)c(F)cc23)C(C)C1. The number of hydrogen-bond acceptors (Lipinski definition) is 8. The Labute approximate surface area is 247 Å². The first-order valence-corrected chi connectivity index (χ1v) is 14.1. The van der Waals surface area contributed by atoms with E-state index in [-0.39, 0.29) is 57.6 Å². The van der Waals surface area contributed by atoms with E-state index in [1.54, 1.807) is 4.90 Å². The van der Waals surface area contributed by atoms with Gasteiger partial charge in [-0.05, 0) is 43.0 Å². The van der Waals surface area contributed by atoms with Crippen molar-refractivity contribution in [2.45, 2.75) is 52.5 Å². The summed E-state index contributed by atoms with van der Waals surface area (Å²) in [6, 6.07) is 5.00. The molecule has 1 aromatic carbocycles. The van der Waals surface area contributed by atoms with Crippen LogP contribution in [0, 0.1) is 11.6 Å². The maximum absolute atomic E-state index is 16.0. The van der Waals surface area contributed by atoms with E-state index in [0.717, 1.165) is 0 Å². The van der Waals surface area contributed by atoms with Crippen molar-refractivity contribution in [1.82, 2.24) is 29.4 Å². The standard InChI is InChI=1S/C31H34F2N8O2/c1-7-23(42)39-11-12-40(18(6)14-39)29-19-13-21(33)27(24-20(32)9-8-10-22(24)34)37-30(19)41(31(43)38-29)28-25(16(2)3)35-15-36-26(28)17(4)5/h7-10,13,15-18H,1,11-12,14,34H2,2-6H3. The number of carbonyl (C=O) groups excluding carboxylic acids is 1. The molecule has 0 bridgehead atoms. The van der Waals surface area contributed by atoms with Crippen LogP contribution in [0.5, 0.6) is 0 Å². The summed E-state index contributed by atoms with van der Waals surface area (Å²) in [6.07, 6.45) is 2.71. The van der Waals surface area contributed by atoms with Gasteiger partial charge in [0.2, 0.25) is 5.91 Å². The highest BCUT2D eigenvalue weighted by molar-refractivity contribution is 5.92. The van der Waals surface area contributed by atoms with Gasteiger partial charge in [0.1, 0.15) is 23.7 Å². The van der Waals surface area contributed by atoms with Crippen LogP contribution in [0.1, 0.15) is 57.8 Å². The van der Waals surface area contributed by atoms with Gasteiger partial charge < -0.3 is 15.5 Å². The average molecular weight is 589 g/mol. The fraction of sp³-hybridized carbons (Fsp3) is 0.355. The van der Waals surface area contributed by atoms with Crippen LogP contribution in [0.3, 0.4) is 0 Å². The van der Waals surface area contributed by atoms with E-state index < -0.39 is 17.3 Å². The molecule has 5 rings (SSSR count). The number of benzene rings is 1. The van der Waals surface area contributed by atoms with Crippen LogP contribution in [0.25, 0.3) is 28.0 Å². The molecule has 0 spiro atoms. The van der Waals surface area contributed by atoms with Gasteiger partial charge in [0.25, 0.3) is 0 Å².